The highest BCUT2D eigenvalue weighted by Crippen LogP contribution is 2.25. The third kappa shape index (κ3) is 5.40. The van der Waals surface area contributed by atoms with Crippen LogP contribution in [0.2, 0.25) is 5.02 Å². The number of amides is 1. The smallest absolute Gasteiger partial charge is 0.253 e. The molecule has 1 amide bonds. The summed E-state index contributed by atoms with van der Waals surface area (Å²) in [6, 6.07) is 23.4. The minimum Gasteiger partial charge on any atom is -0.337 e. The third-order valence-corrected chi connectivity index (χ3v) is 6.19. The maximum Gasteiger partial charge on any atom is 0.253 e. The Labute approximate surface area is 182 Å². The first-order chi connectivity index (χ1) is 14.3. The van der Waals surface area contributed by atoms with Gasteiger partial charge in [-0.05, 0) is 41.5 Å². The van der Waals surface area contributed by atoms with Gasteiger partial charge in [-0.2, -0.15) is 0 Å². The average Bonchev–Trinajstić information content (AvgIpc) is 2.72. The summed E-state index contributed by atoms with van der Waals surface area (Å²) in [6.07, 6.45) is 1.15. The van der Waals surface area contributed by atoms with Gasteiger partial charge in [0.2, 0.25) is 10.0 Å². The maximum atomic E-state index is 12.7. The van der Waals surface area contributed by atoms with Crippen molar-refractivity contribution in [1.82, 2.24) is 4.90 Å². The lowest BCUT2D eigenvalue weighted by atomic mass is 10.1. The van der Waals surface area contributed by atoms with Crippen LogP contribution in [0.1, 0.15) is 21.5 Å². The van der Waals surface area contributed by atoms with E-state index in [9.17, 15) is 13.2 Å². The Bertz CT molecular complexity index is 1120. The van der Waals surface area contributed by atoms with E-state index < -0.39 is 10.0 Å². The van der Waals surface area contributed by atoms with Gasteiger partial charge in [-0.25, -0.2) is 8.42 Å². The Morgan fingerprint density at radius 3 is 2.07 bits per heavy atom. The van der Waals surface area contributed by atoms with E-state index in [0.717, 1.165) is 11.8 Å². The number of sulfonamides is 1. The van der Waals surface area contributed by atoms with Gasteiger partial charge >= 0.3 is 0 Å². The molecule has 0 bridgehead atoms. The van der Waals surface area contributed by atoms with Crippen molar-refractivity contribution >= 4 is 33.2 Å². The zero-order chi connectivity index (χ0) is 21.7. The highest BCUT2D eigenvalue weighted by Gasteiger charge is 2.20. The molecule has 3 rings (SSSR count). The standard InChI is InChI=1S/C23H23ClN2O3S/c1-25(16-18-8-4-3-5-9-18)23(27)19-12-14-21(15-13-19)26(30(2,28)29)17-20-10-6-7-11-22(20)24/h3-15H,16-17H2,1-2H3. The molecule has 0 N–H and O–H groups in total. The molecule has 0 aliphatic rings. The van der Waals surface area contributed by atoms with Crippen molar-refractivity contribution in [2.75, 3.05) is 17.6 Å². The topological polar surface area (TPSA) is 57.7 Å². The summed E-state index contributed by atoms with van der Waals surface area (Å²) in [5.41, 5.74) is 2.70. The number of hydrogen-bond acceptors (Lipinski definition) is 3. The molecule has 0 aliphatic carbocycles. The fourth-order valence-electron chi connectivity index (χ4n) is 3.10. The number of anilines is 1. The zero-order valence-corrected chi connectivity index (χ0v) is 18.4. The molecule has 30 heavy (non-hydrogen) atoms. The lowest BCUT2D eigenvalue weighted by Crippen LogP contribution is -2.30. The van der Waals surface area contributed by atoms with Crippen molar-refractivity contribution in [3.05, 3.63) is 101 Å². The van der Waals surface area contributed by atoms with Crippen molar-refractivity contribution in [3.63, 3.8) is 0 Å². The number of benzene rings is 3. The van der Waals surface area contributed by atoms with Gasteiger partial charge in [-0.15, -0.1) is 0 Å². The Hall–Kier alpha value is -2.83. The summed E-state index contributed by atoms with van der Waals surface area (Å²) in [4.78, 5) is 14.4. The predicted molar refractivity (Wildman–Crippen MR) is 121 cm³/mol. The van der Waals surface area contributed by atoms with Gasteiger partial charge in [0, 0.05) is 24.2 Å². The highest BCUT2D eigenvalue weighted by atomic mass is 35.5. The molecule has 156 valence electrons. The van der Waals surface area contributed by atoms with Gasteiger partial charge in [0.25, 0.3) is 5.91 Å². The van der Waals surface area contributed by atoms with Gasteiger partial charge in [0.05, 0.1) is 18.5 Å². The molecule has 7 heteroatoms. The van der Waals surface area contributed by atoms with Gasteiger partial charge < -0.3 is 4.90 Å². The van der Waals surface area contributed by atoms with Crippen LogP contribution in [0, 0.1) is 0 Å². The van der Waals surface area contributed by atoms with E-state index in [1.807, 2.05) is 36.4 Å². The fraction of sp³-hybridized carbons (Fsp3) is 0.174. The fourth-order valence-corrected chi connectivity index (χ4v) is 4.17. The van der Waals surface area contributed by atoms with Crippen LogP contribution in [0.5, 0.6) is 0 Å². The number of carbonyl (C=O) groups is 1. The van der Waals surface area contributed by atoms with Gasteiger partial charge in [-0.1, -0.05) is 60.1 Å². The van der Waals surface area contributed by atoms with Gasteiger partial charge in [0.15, 0.2) is 0 Å². The predicted octanol–water partition coefficient (Wildman–Crippen LogP) is 4.58. The number of carbonyl (C=O) groups excluding carboxylic acids is 1. The molecule has 3 aromatic rings. The monoisotopic (exact) mass is 442 g/mol. The summed E-state index contributed by atoms with van der Waals surface area (Å²) in [5, 5.41) is 0.500. The lowest BCUT2D eigenvalue weighted by Gasteiger charge is -2.23. The number of rotatable bonds is 7. The first-order valence-corrected chi connectivity index (χ1v) is 11.6. The summed E-state index contributed by atoms with van der Waals surface area (Å²) < 4.78 is 26.0. The molecular weight excluding hydrogens is 420 g/mol. The van der Waals surface area contributed by atoms with Gasteiger partial charge in [-0.3, -0.25) is 9.10 Å². The van der Waals surface area contributed by atoms with Crippen LogP contribution in [0.15, 0.2) is 78.9 Å². The van der Waals surface area contributed by atoms with E-state index in [0.29, 0.717) is 28.4 Å². The molecule has 0 unspecified atom stereocenters. The van der Waals surface area contributed by atoms with Crippen molar-refractivity contribution in [3.8, 4) is 0 Å². The first-order valence-electron chi connectivity index (χ1n) is 9.36. The maximum absolute atomic E-state index is 12.7. The molecule has 0 atom stereocenters. The molecule has 0 radical (unpaired) electrons. The lowest BCUT2D eigenvalue weighted by molar-refractivity contribution is 0.0785. The van der Waals surface area contributed by atoms with Crippen LogP contribution in [0.25, 0.3) is 0 Å². The summed E-state index contributed by atoms with van der Waals surface area (Å²) in [5.74, 6) is -0.137. The molecule has 0 heterocycles. The SMILES string of the molecule is CN(Cc1ccccc1)C(=O)c1ccc(N(Cc2ccccc2Cl)S(C)(=O)=O)cc1. The molecule has 0 aromatic heterocycles. The number of nitrogens with zero attached hydrogens (tertiary/aromatic N) is 2. The van der Waals surface area contributed by atoms with E-state index in [1.165, 1.54) is 4.31 Å². The van der Waals surface area contributed by atoms with Crippen molar-refractivity contribution < 1.29 is 13.2 Å². The van der Waals surface area contributed by atoms with Crippen molar-refractivity contribution in [2.45, 2.75) is 13.1 Å². The largest absolute Gasteiger partial charge is 0.337 e. The van der Waals surface area contributed by atoms with E-state index in [4.69, 9.17) is 11.6 Å². The second-order valence-electron chi connectivity index (χ2n) is 7.05. The first kappa shape index (κ1) is 21.9. The summed E-state index contributed by atoms with van der Waals surface area (Å²) >= 11 is 6.20. The Morgan fingerprint density at radius 1 is 0.867 bits per heavy atom. The molecule has 0 aliphatic heterocycles. The number of hydrogen-bond donors (Lipinski definition) is 0. The van der Waals surface area contributed by atoms with E-state index in [2.05, 4.69) is 0 Å². The third-order valence-electron chi connectivity index (χ3n) is 4.68. The Morgan fingerprint density at radius 2 is 1.47 bits per heavy atom. The van der Waals surface area contributed by atoms with Crippen molar-refractivity contribution in [1.29, 1.82) is 0 Å². The van der Waals surface area contributed by atoms with E-state index >= 15 is 0 Å². The minimum absolute atomic E-state index is 0.111. The second kappa shape index (κ2) is 9.32. The van der Waals surface area contributed by atoms with Crippen LogP contribution < -0.4 is 4.31 Å². The van der Waals surface area contributed by atoms with Crippen LogP contribution in [0.4, 0.5) is 5.69 Å². The minimum atomic E-state index is -3.54. The second-order valence-corrected chi connectivity index (χ2v) is 9.37. The zero-order valence-electron chi connectivity index (χ0n) is 16.8. The molecule has 3 aromatic carbocycles. The van der Waals surface area contributed by atoms with Crippen molar-refractivity contribution in [2.24, 2.45) is 0 Å². The molecule has 5 nitrogen and oxygen atoms in total. The Kier molecular flexibility index (Phi) is 6.80. The molecule has 0 fully saturated rings. The van der Waals surface area contributed by atoms with Gasteiger partial charge in [0.1, 0.15) is 0 Å². The highest BCUT2D eigenvalue weighted by molar-refractivity contribution is 7.92. The Balaban J connectivity index is 1.79. The van der Waals surface area contributed by atoms with E-state index in [1.54, 1.807) is 54.4 Å². The van der Waals surface area contributed by atoms with Crippen LogP contribution >= 0.6 is 11.6 Å². The average molecular weight is 443 g/mol. The van der Waals surface area contributed by atoms with Crippen LogP contribution in [-0.4, -0.2) is 32.5 Å². The quantitative estimate of drug-likeness (QED) is 0.538. The van der Waals surface area contributed by atoms with E-state index in [-0.39, 0.29) is 12.5 Å². The molecular formula is C23H23ClN2O3S. The van der Waals surface area contributed by atoms with Crippen LogP contribution in [0.3, 0.4) is 0 Å². The molecule has 0 spiro atoms. The summed E-state index contributed by atoms with van der Waals surface area (Å²) in [6.45, 7) is 0.600. The molecule has 0 saturated carbocycles. The molecule has 0 saturated heterocycles. The van der Waals surface area contributed by atoms with Crippen LogP contribution in [-0.2, 0) is 23.1 Å². The normalized spacial score (nSPS) is 11.2. The number of halogens is 1. The summed E-state index contributed by atoms with van der Waals surface area (Å²) in [7, 11) is -1.80.